The average Bonchev–Trinajstić information content (AvgIpc) is 3.05. The van der Waals surface area contributed by atoms with Gasteiger partial charge in [0.25, 0.3) is 0 Å². The van der Waals surface area contributed by atoms with Crippen LogP contribution in [-0.2, 0) is 22.5 Å². The molecule has 1 aromatic rings. The third-order valence-corrected chi connectivity index (χ3v) is 5.57. The number of ketones is 1. The number of nitrogens with zero attached hydrogens (tertiary/aromatic N) is 3. The number of aromatic nitrogens is 2. The van der Waals surface area contributed by atoms with E-state index in [4.69, 9.17) is 4.74 Å². The van der Waals surface area contributed by atoms with Crippen molar-refractivity contribution in [3.05, 3.63) is 15.9 Å². The van der Waals surface area contributed by atoms with Crippen molar-refractivity contribution in [1.82, 2.24) is 14.7 Å². The Bertz CT molecular complexity index is 543. The van der Waals surface area contributed by atoms with E-state index in [0.717, 1.165) is 35.5 Å². The van der Waals surface area contributed by atoms with Crippen molar-refractivity contribution < 1.29 is 9.53 Å². The van der Waals surface area contributed by atoms with E-state index in [9.17, 15) is 4.79 Å². The van der Waals surface area contributed by atoms with Crippen molar-refractivity contribution in [1.29, 1.82) is 0 Å². The van der Waals surface area contributed by atoms with E-state index in [1.54, 1.807) is 0 Å². The Morgan fingerprint density at radius 2 is 2.33 bits per heavy atom. The van der Waals surface area contributed by atoms with E-state index in [-0.39, 0.29) is 11.9 Å². The van der Waals surface area contributed by atoms with Gasteiger partial charge in [0, 0.05) is 19.1 Å². The lowest BCUT2D eigenvalue weighted by Crippen LogP contribution is -2.49. The van der Waals surface area contributed by atoms with Crippen LogP contribution in [0.1, 0.15) is 31.2 Å². The van der Waals surface area contributed by atoms with Crippen LogP contribution in [0, 0.1) is 6.92 Å². The second-order valence-electron chi connectivity index (χ2n) is 5.92. The molecule has 0 bridgehead atoms. The normalized spacial score (nSPS) is 26.0. The number of fused-ring (bicyclic) bond motifs is 1. The van der Waals surface area contributed by atoms with E-state index < -0.39 is 0 Å². The molecule has 2 aliphatic rings. The topological polar surface area (TPSA) is 47.4 Å². The number of aryl methyl sites for hydroxylation is 2. The molecule has 6 heteroatoms. The van der Waals surface area contributed by atoms with E-state index in [2.05, 4.69) is 25.9 Å². The highest BCUT2D eigenvalue weighted by atomic mass is 79.9. The molecule has 0 aromatic carbocycles. The first-order valence-corrected chi connectivity index (χ1v) is 8.49. The summed E-state index contributed by atoms with van der Waals surface area (Å²) in [5.74, 6) is 0.163. The lowest BCUT2D eigenvalue weighted by atomic mass is 10.1. The third-order valence-electron chi connectivity index (χ3n) is 4.54. The van der Waals surface area contributed by atoms with Crippen molar-refractivity contribution in [2.45, 2.75) is 51.8 Å². The summed E-state index contributed by atoms with van der Waals surface area (Å²) in [5, 5.41) is 4.45. The van der Waals surface area contributed by atoms with Gasteiger partial charge in [-0.15, -0.1) is 0 Å². The quantitative estimate of drug-likeness (QED) is 0.828. The highest BCUT2D eigenvalue weighted by Gasteiger charge is 2.35. The number of morpholine rings is 1. The van der Waals surface area contributed by atoms with Crippen LogP contribution in [0.3, 0.4) is 0 Å². The molecule has 0 N–H and O–H groups in total. The minimum absolute atomic E-state index is 0.163. The number of ether oxygens (including phenoxy) is 1. The van der Waals surface area contributed by atoms with E-state index >= 15 is 0 Å². The predicted molar refractivity (Wildman–Crippen MR) is 83.4 cm³/mol. The largest absolute Gasteiger partial charge is 0.367 e. The fraction of sp³-hybridized carbons (Fsp3) is 0.733. The van der Waals surface area contributed by atoms with Crippen LogP contribution in [0.5, 0.6) is 0 Å². The van der Waals surface area contributed by atoms with Crippen LogP contribution >= 0.6 is 15.9 Å². The molecule has 2 unspecified atom stereocenters. The van der Waals surface area contributed by atoms with Crippen molar-refractivity contribution >= 4 is 21.7 Å². The van der Waals surface area contributed by atoms with Gasteiger partial charge in [0.05, 0.1) is 28.9 Å². The third kappa shape index (κ3) is 2.94. The van der Waals surface area contributed by atoms with Gasteiger partial charge in [0.2, 0.25) is 0 Å². The zero-order chi connectivity index (χ0) is 15.0. The first-order valence-electron chi connectivity index (χ1n) is 7.70. The van der Waals surface area contributed by atoms with Crippen molar-refractivity contribution in [3.63, 3.8) is 0 Å². The van der Waals surface area contributed by atoms with Gasteiger partial charge in [-0.2, -0.15) is 5.10 Å². The maximum Gasteiger partial charge on any atom is 0.168 e. The summed E-state index contributed by atoms with van der Waals surface area (Å²) in [6, 6.07) is 0.532. The van der Waals surface area contributed by atoms with Gasteiger partial charge in [-0.1, -0.05) is 0 Å². The number of rotatable bonds is 4. The fourth-order valence-electron chi connectivity index (χ4n) is 3.33. The molecule has 0 saturated carbocycles. The molecule has 2 fully saturated rings. The molecule has 21 heavy (non-hydrogen) atoms. The molecule has 3 rings (SSSR count). The zero-order valence-corrected chi connectivity index (χ0v) is 14.2. The summed E-state index contributed by atoms with van der Waals surface area (Å²) in [5.41, 5.74) is 1.90. The molecule has 116 valence electrons. The number of carbonyl (C=O) groups is 1. The Kier molecular flexibility index (Phi) is 4.47. The minimum Gasteiger partial charge on any atom is -0.367 e. The summed E-state index contributed by atoms with van der Waals surface area (Å²) >= 11 is 3.55. The van der Waals surface area contributed by atoms with Crippen molar-refractivity contribution in [2.24, 2.45) is 0 Å². The van der Waals surface area contributed by atoms with Crippen LogP contribution in [0.4, 0.5) is 0 Å². The molecule has 0 radical (unpaired) electrons. The summed E-state index contributed by atoms with van der Waals surface area (Å²) in [6.07, 6.45) is 2.53. The molecule has 0 aliphatic carbocycles. The number of hydrogen-bond donors (Lipinski definition) is 0. The lowest BCUT2D eigenvalue weighted by Gasteiger charge is -2.34. The van der Waals surface area contributed by atoms with Gasteiger partial charge < -0.3 is 4.74 Å². The highest BCUT2D eigenvalue weighted by Crippen LogP contribution is 2.25. The van der Waals surface area contributed by atoms with E-state index in [0.29, 0.717) is 19.1 Å². The van der Waals surface area contributed by atoms with Gasteiger partial charge in [0.1, 0.15) is 6.10 Å². The van der Waals surface area contributed by atoms with E-state index in [1.165, 1.54) is 12.8 Å². The smallest absolute Gasteiger partial charge is 0.168 e. The van der Waals surface area contributed by atoms with Crippen LogP contribution in [0.2, 0.25) is 0 Å². The lowest BCUT2D eigenvalue weighted by molar-refractivity contribution is -0.137. The number of halogens is 1. The van der Waals surface area contributed by atoms with Gasteiger partial charge in [-0.25, -0.2) is 0 Å². The van der Waals surface area contributed by atoms with E-state index in [1.807, 2.05) is 18.5 Å². The summed E-state index contributed by atoms with van der Waals surface area (Å²) in [7, 11) is 0. The zero-order valence-electron chi connectivity index (χ0n) is 12.6. The Hall–Kier alpha value is -0.720. The SMILES string of the molecule is CCn1nc(C)c(Br)c1CC(=O)C1CN2CCCC2CO1. The molecule has 3 heterocycles. The second-order valence-corrected chi connectivity index (χ2v) is 6.71. The van der Waals surface area contributed by atoms with Crippen LogP contribution in [0.25, 0.3) is 0 Å². The molecule has 2 aliphatic heterocycles. The molecule has 0 amide bonds. The fourth-order valence-corrected chi connectivity index (χ4v) is 3.75. The maximum atomic E-state index is 12.6. The minimum atomic E-state index is -0.285. The van der Waals surface area contributed by atoms with Gasteiger partial charge >= 0.3 is 0 Å². The Balaban J connectivity index is 1.69. The summed E-state index contributed by atoms with van der Waals surface area (Å²) in [4.78, 5) is 15.0. The maximum absolute atomic E-state index is 12.6. The first kappa shape index (κ1) is 15.2. The van der Waals surface area contributed by atoms with Crippen molar-refractivity contribution in [2.75, 3.05) is 19.7 Å². The van der Waals surface area contributed by atoms with Crippen LogP contribution in [0.15, 0.2) is 4.47 Å². The second kappa shape index (κ2) is 6.18. The summed E-state index contributed by atoms with van der Waals surface area (Å²) < 4.78 is 8.66. The molecular weight excluding hydrogens is 334 g/mol. The van der Waals surface area contributed by atoms with Gasteiger partial charge in [-0.3, -0.25) is 14.4 Å². The highest BCUT2D eigenvalue weighted by molar-refractivity contribution is 9.10. The molecule has 2 atom stereocenters. The number of Topliss-reactive ketones (excluding diaryl/α,β-unsaturated/α-hetero) is 1. The molecular formula is C15H22BrN3O2. The van der Waals surface area contributed by atoms with Crippen LogP contribution < -0.4 is 0 Å². The van der Waals surface area contributed by atoms with Crippen molar-refractivity contribution in [3.8, 4) is 0 Å². The van der Waals surface area contributed by atoms with Gasteiger partial charge in [0.15, 0.2) is 5.78 Å². The average molecular weight is 356 g/mol. The monoisotopic (exact) mass is 355 g/mol. The molecule has 5 nitrogen and oxygen atoms in total. The standard InChI is InChI=1S/C15H22BrN3O2/c1-3-19-12(15(16)10(2)17-19)7-13(20)14-8-18-6-4-5-11(18)9-21-14/h11,14H,3-9H2,1-2H3. The molecule has 2 saturated heterocycles. The molecule has 0 spiro atoms. The first-order chi connectivity index (χ1) is 10.1. The Labute approximate surface area is 133 Å². The molecule has 1 aromatic heterocycles. The number of hydrogen-bond acceptors (Lipinski definition) is 4. The van der Waals surface area contributed by atoms with Gasteiger partial charge in [-0.05, 0) is 49.2 Å². The number of carbonyl (C=O) groups excluding carboxylic acids is 1. The Morgan fingerprint density at radius 3 is 3.10 bits per heavy atom. The predicted octanol–water partition coefficient (Wildman–Crippen LogP) is 1.95. The van der Waals surface area contributed by atoms with Crippen LogP contribution in [-0.4, -0.2) is 52.3 Å². The summed E-state index contributed by atoms with van der Waals surface area (Å²) in [6.45, 7) is 7.32. The Morgan fingerprint density at radius 1 is 1.52 bits per heavy atom.